The molecular formula is C28H30N4O2. The number of fused-ring (bicyclic) bond motifs is 1. The number of carbonyl (C=O) groups is 1. The van der Waals surface area contributed by atoms with E-state index in [9.17, 15) is 4.79 Å². The van der Waals surface area contributed by atoms with Gasteiger partial charge in [0.05, 0.1) is 5.39 Å². The van der Waals surface area contributed by atoms with E-state index in [0.29, 0.717) is 17.9 Å². The Morgan fingerprint density at radius 2 is 1.74 bits per heavy atom. The zero-order valence-corrected chi connectivity index (χ0v) is 19.5. The quantitative estimate of drug-likeness (QED) is 0.409. The molecule has 3 aromatic carbocycles. The molecule has 5 rings (SSSR count). The zero-order valence-electron chi connectivity index (χ0n) is 19.5. The number of carbonyl (C=O) groups excluding carboxylic acids is 1. The standard InChI is InChI=1S/C28H30N4O2/c1-21-8-10-22(11-9-21)27-25-20-23(12-13-26(25)30-34-27)28(33)29-14-5-15-31-16-18-32(19-17-31)24-6-3-2-4-7-24/h2-4,6-13,20H,5,14-19H2,1H3,(H,29,33). The van der Waals surface area contributed by atoms with Crippen LogP contribution < -0.4 is 10.2 Å². The van der Waals surface area contributed by atoms with Gasteiger partial charge in [-0.25, -0.2) is 0 Å². The van der Waals surface area contributed by atoms with E-state index in [-0.39, 0.29) is 5.91 Å². The molecule has 4 aromatic rings. The van der Waals surface area contributed by atoms with Gasteiger partial charge in [-0.05, 0) is 50.2 Å². The molecule has 1 saturated heterocycles. The number of para-hydroxylation sites is 1. The summed E-state index contributed by atoms with van der Waals surface area (Å²) >= 11 is 0. The number of nitrogens with zero attached hydrogens (tertiary/aromatic N) is 3. The minimum absolute atomic E-state index is 0.0631. The molecule has 0 saturated carbocycles. The highest BCUT2D eigenvalue weighted by atomic mass is 16.5. The van der Waals surface area contributed by atoms with Crippen molar-refractivity contribution in [2.45, 2.75) is 13.3 Å². The monoisotopic (exact) mass is 454 g/mol. The smallest absolute Gasteiger partial charge is 0.251 e. The molecule has 0 radical (unpaired) electrons. The number of aryl methyl sites for hydroxylation is 1. The number of benzene rings is 3. The molecule has 0 unspecified atom stereocenters. The fraction of sp³-hybridized carbons (Fsp3) is 0.286. The maximum absolute atomic E-state index is 12.8. The predicted molar refractivity (Wildman–Crippen MR) is 136 cm³/mol. The topological polar surface area (TPSA) is 61.6 Å². The Kier molecular flexibility index (Phi) is 6.58. The number of rotatable bonds is 7. The molecule has 1 amide bonds. The fourth-order valence-corrected chi connectivity index (χ4v) is 4.47. The molecule has 1 aliphatic rings. The van der Waals surface area contributed by atoms with Gasteiger partial charge in [-0.3, -0.25) is 9.69 Å². The van der Waals surface area contributed by atoms with Crippen LogP contribution in [0.1, 0.15) is 22.3 Å². The van der Waals surface area contributed by atoms with Gasteiger partial charge in [0.15, 0.2) is 5.76 Å². The van der Waals surface area contributed by atoms with Crippen LogP contribution >= 0.6 is 0 Å². The van der Waals surface area contributed by atoms with Gasteiger partial charge in [0, 0.05) is 49.5 Å². The van der Waals surface area contributed by atoms with Crippen LogP contribution in [0.25, 0.3) is 22.2 Å². The molecule has 6 heteroatoms. The number of nitrogens with one attached hydrogen (secondary N) is 1. The van der Waals surface area contributed by atoms with E-state index in [1.165, 1.54) is 11.3 Å². The Morgan fingerprint density at radius 1 is 0.971 bits per heavy atom. The van der Waals surface area contributed by atoms with Crippen molar-refractivity contribution >= 4 is 22.5 Å². The Labute approximate surface area is 200 Å². The summed E-state index contributed by atoms with van der Waals surface area (Å²) < 4.78 is 5.59. The molecule has 0 atom stereocenters. The first-order valence-corrected chi connectivity index (χ1v) is 11.9. The van der Waals surface area contributed by atoms with E-state index < -0.39 is 0 Å². The summed E-state index contributed by atoms with van der Waals surface area (Å²) in [5, 5.41) is 8.08. The second-order valence-electron chi connectivity index (χ2n) is 8.88. The van der Waals surface area contributed by atoms with Gasteiger partial charge in [0.25, 0.3) is 5.91 Å². The van der Waals surface area contributed by atoms with E-state index in [2.05, 4.69) is 57.5 Å². The number of amides is 1. The zero-order chi connectivity index (χ0) is 23.3. The van der Waals surface area contributed by atoms with Crippen molar-refractivity contribution in [3.05, 3.63) is 83.9 Å². The SMILES string of the molecule is Cc1ccc(-c2onc3ccc(C(=O)NCCCN4CCN(c5ccccc5)CC4)cc23)cc1. The molecule has 6 nitrogen and oxygen atoms in total. The van der Waals surface area contributed by atoms with Crippen molar-refractivity contribution in [1.29, 1.82) is 0 Å². The van der Waals surface area contributed by atoms with Gasteiger partial charge < -0.3 is 14.7 Å². The predicted octanol–water partition coefficient (Wildman–Crippen LogP) is 4.75. The maximum atomic E-state index is 12.8. The van der Waals surface area contributed by atoms with Crippen molar-refractivity contribution in [3.63, 3.8) is 0 Å². The van der Waals surface area contributed by atoms with E-state index in [0.717, 1.165) is 55.6 Å². The second-order valence-corrected chi connectivity index (χ2v) is 8.88. The first-order valence-electron chi connectivity index (χ1n) is 11.9. The summed E-state index contributed by atoms with van der Waals surface area (Å²) in [6.45, 7) is 7.88. The van der Waals surface area contributed by atoms with E-state index in [1.54, 1.807) is 0 Å². The van der Waals surface area contributed by atoms with Crippen LogP contribution in [0.15, 0.2) is 77.3 Å². The lowest BCUT2D eigenvalue weighted by molar-refractivity contribution is 0.0951. The van der Waals surface area contributed by atoms with E-state index in [1.807, 2.05) is 42.5 Å². The third-order valence-corrected chi connectivity index (χ3v) is 6.48. The summed E-state index contributed by atoms with van der Waals surface area (Å²) in [5.74, 6) is 0.631. The molecule has 0 aliphatic carbocycles. The first-order chi connectivity index (χ1) is 16.7. The number of piperazine rings is 1. The van der Waals surface area contributed by atoms with Gasteiger partial charge >= 0.3 is 0 Å². The summed E-state index contributed by atoms with van der Waals surface area (Å²) in [4.78, 5) is 17.7. The average molecular weight is 455 g/mol. The normalized spacial score (nSPS) is 14.4. The second kappa shape index (κ2) is 10.1. The number of aromatic nitrogens is 1. The van der Waals surface area contributed by atoms with Crippen molar-refractivity contribution < 1.29 is 9.32 Å². The molecule has 0 bridgehead atoms. The minimum atomic E-state index is -0.0631. The lowest BCUT2D eigenvalue weighted by Gasteiger charge is -2.36. The Hall–Kier alpha value is -3.64. The number of anilines is 1. The minimum Gasteiger partial charge on any atom is -0.369 e. The Morgan fingerprint density at radius 3 is 2.50 bits per heavy atom. The highest BCUT2D eigenvalue weighted by Gasteiger charge is 2.17. The van der Waals surface area contributed by atoms with Gasteiger partial charge in [-0.2, -0.15) is 0 Å². The fourth-order valence-electron chi connectivity index (χ4n) is 4.47. The van der Waals surface area contributed by atoms with Crippen LogP contribution in [0, 0.1) is 6.92 Å². The van der Waals surface area contributed by atoms with Crippen LogP contribution in [-0.4, -0.2) is 55.2 Å². The summed E-state index contributed by atoms with van der Waals surface area (Å²) in [7, 11) is 0. The van der Waals surface area contributed by atoms with Crippen LogP contribution in [0.4, 0.5) is 5.69 Å². The number of hydrogen-bond acceptors (Lipinski definition) is 5. The molecule has 2 heterocycles. The molecule has 174 valence electrons. The highest BCUT2D eigenvalue weighted by Crippen LogP contribution is 2.29. The molecule has 1 aromatic heterocycles. The maximum Gasteiger partial charge on any atom is 0.251 e. The van der Waals surface area contributed by atoms with Gasteiger partial charge in [-0.15, -0.1) is 0 Å². The third kappa shape index (κ3) is 4.97. The van der Waals surface area contributed by atoms with Crippen LogP contribution in [0.2, 0.25) is 0 Å². The highest BCUT2D eigenvalue weighted by molar-refractivity contribution is 6.00. The van der Waals surface area contributed by atoms with Gasteiger partial charge in [0.1, 0.15) is 5.52 Å². The Bertz CT molecular complexity index is 1240. The third-order valence-electron chi connectivity index (χ3n) is 6.48. The number of hydrogen-bond donors (Lipinski definition) is 1. The van der Waals surface area contributed by atoms with Gasteiger partial charge in [-0.1, -0.05) is 53.2 Å². The van der Waals surface area contributed by atoms with E-state index in [4.69, 9.17) is 4.52 Å². The summed E-state index contributed by atoms with van der Waals surface area (Å²) in [6.07, 6.45) is 0.932. The molecule has 1 fully saturated rings. The lowest BCUT2D eigenvalue weighted by atomic mass is 10.0. The molecule has 1 N–H and O–H groups in total. The lowest BCUT2D eigenvalue weighted by Crippen LogP contribution is -2.47. The van der Waals surface area contributed by atoms with Crippen LogP contribution in [0.5, 0.6) is 0 Å². The first kappa shape index (κ1) is 22.2. The van der Waals surface area contributed by atoms with Gasteiger partial charge in [0.2, 0.25) is 0 Å². The largest absolute Gasteiger partial charge is 0.369 e. The molecule has 34 heavy (non-hydrogen) atoms. The molecular weight excluding hydrogens is 424 g/mol. The van der Waals surface area contributed by atoms with Crippen molar-refractivity contribution in [2.75, 3.05) is 44.2 Å². The molecule has 1 aliphatic heterocycles. The van der Waals surface area contributed by atoms with Crippen molar-refractivity contribution in [3.8, 4) is 11.3 Å². The van der Waals surface area contributed by atoms with E-state index >= 15 is 0 Å². The van der Waals surface area contributed by atoms with Crippen LogP contribution in [0.3, 0.4) is 0 Å². The average Bonchev–Trinajstić information content (AvgIpc) is 3.31. The molecule has 0 spiro atoms. The Balaban J connectivity index is 1.12. The van der Waals surface area contributed by atoms with Crippen LogP contribution in [-0.2, 0) is 0 Å². The summed E-state index contributed by atoms with van der Waals surface area (Å²) in [6, 6.07) is 24.2. The summed E-state index contributed by atoms with van der Waals surface area (Å²) in [5.41, 5.74) is 4.82. The van der Waals surface area contributed by atoms with Crippen molar-refractivity contribution in [2.24, 2.45) is 0 Å². The van der Waals surface area contributed by atoms with Crippen molar-refractivity contribution in [1.82, 2.24) is 15.4 Å².